The first-order valence-corrected chi connectivity index (χ1v) is 8.45. The van der Waals surface area contributed by atoms with Crippen LogP contribution in [0.4, 0.5) is 0 Å². The number of rotatable bonds is 3. The second-order valence-corrected chi connectivity index (χ2v) is 7.25. The zero-order chi connectivity index (χ0) is 13.3. The molecule has 0 aromatic carbocycles. The Balaban J connectivity index is 0.00000147. The van der Waals surface area contributed by atoms with Crippen LogP contribution < -0.4 is 18.9 Å². The minimum Gasteiger partial charge on any atom is -0.535 e. The molecule has 2 aliphatic heterocycles. The fourth-order valence-electron chi connectivity index (χ4n) is 6.44. The molecule has 3 rings (SSSR count). The van der Waals surface area contributed by atoms with Crippen molar-refractivity contribution in [1.82, 2.24) is 0 Å². The molecule has 2 saturated heterocycles. The molecule has 0 aromatic rings. The Kier molecular flexibility index (Phi) is 5.58. The number of hydrogen-bond donors (Lipinski definition) is 0. The maximum Gasteiger partial charge on any atom is 1.00 e. The van der Waals surface area contributed by atoms with E-state index >= 15 is 0 Å². The van der Waals surface area contributed by atoms with E-state index in [0.717, 1.165) is 17.5 Å². The Labute approximate surface area is 136 Å². The van der Waals surface area contributed by atoms with Gasteiger partial charge in [0.15, 0.2) is 0 Å². The van der Waals surface area contributed by atoms with Gasteiger partial charge >= 0.3 is 18.9 Å². The largest absolute Gasteiger partial charge is 1.00 e. The molecule has 1 aliphatic carbocycles. The maximum atomic E-state index is 5.86. The quantitative estimate of drug-likeness (QED) is 0.433. The summed E-state index contributed by atoms with van der Waals surface area (Å²) in [5.74, 6) is 2.71. The summed E-state index contributed by atoms with van der Waals surface area (Å²) in [7, 11) is 1.86. The average molecular weight is 266 g/mol. The fourth-order valence-corrected chi connectivity index (χ4v) is 6.44. The van der Waals surface area contributed by atoms with Crippen LogP contribution in [0.25, 0.3) is 0 Å². The minimum atomic E-state index is -0.507. The molecule has 106 valence electrons. The smallest absolute Gasteiger partial charge is 0.535 e. The molecule has 0 aromatic heterocycles. The van der Waals surface area contributed by atoms with Gasteiger partial charge in [-0.3, -0.25) is 0 Å². The van der Waals surface area contributed by atoms with E-state index in [4.69, 9.17) is 4.74 Å². The second-order valence-electron chi connectivity index (χ2n) is 7.25. The van der Waals surface area contributed by atoms with Gasteiger partial charge in [0.1, 0.15) is 0 Å². The first-order chi connectivity index (χ1) is 9.33. The van der Waals surface area contributed by atoms with Crippen molar-refractivity contribution in [3.63, 3.8) is 0 Å². The van der Waals surface area contributed by atoms with Gasteiger partial charge in [-0.25, -0.2) is 0 Å². The summed E-state index contributed by atoms with van der Waals surface area (Å²) in [5, 5.41) is 0. The van der Waals surface area contributed by atoms with E-state index in [1.807, 2.05) is 7.11 Å². The van der Waals surface area contributed by atoms with Crippen LogP contribution in [0.2, 0.25) is 17.5 Å². The molecule has 0 radical (unpaired) electrons. The Morgan fingerprint density at radius 3 is 1.65 bits per heavy atom. The van der Waals surface area contributed by atoms with E-state index in [-0.39, 0.29) is 18.9 Å². The summed E-state index contributed by atoms with van der Waals surface area (Å²) in [6.45, 7) is 3.98. The van der Waals surface area contributed by atoms with Crippen LogP contribution in [0.15, 0.2) is 18.0 Å². The van der Waals surface area contributed by atoms with Crippen LogP contribution in [0.5, 0.6) is 0 Å². The van der Waals surface area contributed by atoms with Gasteiger partial charge in [0, 0.05) is 0 Å². The average Bonchev–Trinajstić information content (AvgIpc) is 2.93. The Hall–Kier alpha value is -0.0177. The van der Waals surface area contributed by atoms with Gasteiger partial charge in [-0.15, -0.1) is 5.73 Å². The number of methoxy groups -OCH3 is 1. The summed E-state index contributed by atoms with van der Waals surface area (Å²) >= 11 is 0. The van der Waals surface area contributed by atoms with Crippen LogP contribution >= 0.6 is 0 Å². The van der Waals surface area contributed by atoms with Crippen LogP contribution in [-0.2, 0) is 4.74 Å². The van der Waals surface area contributed by atoms with Gasteiger partial charge < -0.3 is 4.74 Å². The molecule has 1 nitrogen and oxygen atoms in total. The van der Waals surface area contributed by atoms with E-state index in [1.165, 1.54) is 69.9 Å². The van der Waals surface area contributed by atoms with Crippen molar-refractivity contribution >= 4 is 6.15 Å². The van der Waals surface area contributed by atoms with Crippen LogP contribution in [0, 0.1) is 0 Å². The summed E-state index contributed by atoms with van der Waals surface area (Å²) < 4.78 is 5.86. The third-order valence-electron chi connectivity index (χ3n) is 6.89. The monoisotopic (exact) mass is 266 g/mol. The van der Waals surface area contributed by atoms with Crippen molar-refractivity contribution < 1.29 is 23.6 Å². The van der Waals surface area contributed by atoms with Gasteiger partial charge in [0.05, 0.1) is 13.3 Å². The van der Waals surface area contributed by atoms with Gasteiger partial charge in [0.2, 0.25) is 0 Å². The van der Waals surface area contributed by atoms with Crippen molar-refractivity contribution in [3.05, 3.63) is 18.0 Å². The summed E-state index contributed by atoms with van der Waals surface area (Å²) in [4.78, 5) is 0. The summed E-state index contributed by atoms with van der Waals surface area (Å²) in [5.41, 5.74) is 4.42. The number of ether oxygens (including phenoxy) is 1. The zero-order valence-corrected chi connectivity index (χ0v) is 13.5. The molecule has 2 bridgehead atoms. The third-order valence-corrected chi connectivity index (χ3v) is 6.89. The molecule has 2 heterocycles. The predicted molar refractivity (Wildman–Crippen MR) is 82.8 cm³/mol. The van der Waals surface area contributed by atoms with Crippen molar-refractivity contribution in [2.75, 3.05) is 7.11 Å². The second kappa shape index (κ2) is 6.83. The van der Waals surface area contributed by atoms with E-state index in [2.05, 4.69) is 12.3 Å². The molecule has 3 heteroatoms. The summed E-state index contributed by atoms with van der Waals surface area (Å²) in [6, 6.07) is 0. The molecular weight excluding hydrogens is 238 g/mol. The Morgan fingerprint density at radius 1 is 0.900 bits per heavy atom. The van der Waals surface area contributed by atoms with Gasteiger partial charge in [-0.05, 0) is 5.66 Å². The molecule has 0 atom stereocenters. The topological polar surface area (TPSA) is 9.23 Å². The van der Waals surface area contributed by atoms with E-state index in [0.29, 0.717) is 0 Å². The molecular formula is C17H28BLiO. The molecule has 3 aliphatic rings. The van der Waals surface area contributed by atoms with Gasteiger partial charge in [-0.2, -0.15) is 17.5 Å². The summed E-state index contributed by atoms with van der Waals surface area (Å²) in [6.07, 6.45) is 13.8. The molecule has 0 unspecified atom stereocenters. The minimum absolute atomic E-state index is 0. The third kappa shape index (κ3) is 2.35. The Bertz CT molecular complexity index is 355. The normalized spacial score (nSPS) is 36.9. The molecule has 1 saturated carbocycles. The van der Waals surface area contributed by atoms with Gasteiger partial charge in [-0.1, -0.05) is 70.8 Å². The molecule has 20 heavy (non-hydrogen) atoms. The van der Waals surface area contributed by atoms with Crippen LogP contribution in [0.1, 0.15) is 64.2 Å². The maximum absolute atomic E-state index is 5.86. The van der Waals surface area contributed by atoms with E-state index in [9.17, 15) is 0 Å². The number of hydrogen-bond acceptors (Lipinski definition) is 1. The van der Waals surface area contributed by atoms with Crippen LogP contribution in [-0.4, -0.2) is 13.3 Å². The predicted octanol–water partition coefficient (Wildman–Crippen LogP) is 2.35. The van der Waals surface area contributed by atoms with Crippen molar-refractivity contribution in [2.24, 2.45) is 0 Å². The molecule has 0 N–H and O–H groups in total. The van der Waals surface area contributed by atoms with Crippen molar-refractivity contribution in [3.8, 4) is 0 Å². The Morgan fingerprint density at radius 2 is 1.30 bits per heavy atom. The van der Waals surface area contributed by atoms with Crippen LogP contribution in [0.3, 0.4) is 0 Å². The molecule has 3 fully saturated rings. The fraction of sp³-hybridized carbons (Fsp3) is 0.824. The standard InChI is InChI=1S/C17H28BO.Li/c1-3-17(19-2)18(14-8-4-5-9-14)15-10-6-11-16(18)13-7-12-15;/h14-16H,1,4-13H2,2H3;/q-1;+1. The van der Waals surface area contributed by atoms with E-state index in [1.54, 1.807) is 0 Å². The zero-order valence-electron chi connectivity index (χ0n) is 13.5. The van der Waals surface area contributed by atoms with Crippen molar-refractivity contribution in [2.45, 2.75) is 81.7 Å². The first kappa shape index (κ1) is 16.4. The first-order valence-electron chi connectivity index (χ1n) is 8.45. The van der Waals surface area contributed by atoms with E-state index < -0.39 is 6.15 Å². The molecule has 0 amide bonds. The van der Waals surface area contributed by atoms with Crippen molar-refractivity contribution in [1.29, 1.82) is 0 Å². The number of fused-ring (bicyclic) bond motifs is 2. The molecule has 0 spiro atoms. The van der Waals surface area contributed by atoms with Gasteiger partial charge in [0.25, 0.3) is 0 Å². The SMILES string of the molecule is C=C=C(OC)[B-]1(C2CCCC2)C2CCCC1CCC2.[Li+].